The van der Waals surface area contributed by atoms with Crippen LogP contribution in [0.15, 0.2) is 73.1 Å². The number of pyridine rings is 2. The minimum absolute atomic E-state index is 0.104. The van der Waals surface area contributed by atoms with Crippen molar-refractivity contribution in [1.82, 2.24) is 14.9 Å². The Morgan fingerprint density at radius 2 is 1.74 bits per heavy atom. The predicted molar refractivity (Wildman–Crippen MR) is 157 cm³/mol. The molecule has 0 saturated carbocycles. The molecule has 0 atom stereocenters. The zero-order valence-corrected chi connectivity index (χ0v) is 23.5. The highest BCUT2D eigenvalue weighted by Crippen LogP contribution is 2.37. The molecule has 0 aliphatic carbocycles. The highest BCUT2D eigenvalue weighted by molar-refractivity contribution is 6.06. The maximum atomic E-state index is 13.6. The highest BCUT2D eigenvalue weighted by atomic mass is 19.4. The summed E-state index contributed by atoms with van der Waals surface area (Å²) >= 11 is 0. The molecule has 0 spiro atoms. The summed E-state index contributed by atoms with van der Waals surface area (Å²) < 4.78 is 47.0. The van der Waals surface area contributed by atoms with E-state index in [0.717, 1.165) is 41.9 Å². The van der Waals surface area contributed by atoms with Crippen molar-refractivity contribution < 1.29 is 22.7 Å². The number of carbonyl (C=O) groups excluding carboxylic acids is 1. The highest BCUT2D eigenvalue weighted by Gasteiger charge is 2.32. The maximum absolute atomic E-state index is 13.6. The molecule has 218 valence electrons. The first-order chi connectivity index (χ1) is 20.1. The molecule has 0 radical (unpaired) electrons. The quantitative estimate of drug-likeness (QED) is 0.267. The Morgan fingerprint density at radius 3 is 2.48 bits per heavy atom. The lowest BCUT2D eigenvalue weighted by Gasteiger charge is -2.35. The van der Waals surface area contributed by atoms with Gasteiger partial charge in [0.15, 0.2) is 0 Å². The molecule has 0 bridgehead atoms. The van der Waals surface area contributed by atoms with Gasteiger partial charge in [0.25, 0.3) is 5.91 Å². The first-order valence-electron chi connectivity index (χ1n) is 13.5. The Morgan fingerprint density at radius 1 is 0.952 bits per heavy atom. The van der Waals surface area contributed by atoms with E-state index in [2.05, 4.69) is 25.5 Å². The van der Waals surface area contributed by atoms with E-state index in [0.29, 0.717) is 36.2 Å². The number of benzene rings is 2. The van der Waals surface area contributed by atoms with Gasteiger partial charge in [-0.15, -0.1) is 0 Å². The van der Waals surface area contributed by atoms with E-state index >= 15 is 0 Å². The minimum Gasteiger partial charge on any atom is -0.438 e. The van der Waals surface area contributed by atoms with Crippen LogP contribution in [0.4, 0.5) is 30.4 Å². The van der Waals surface area contributed by atoms with Gasteiger partial charge < -0.3 is 25.2 Å². The lowest BCUT2D eigenvalue weighted by atomic mass is 10.1. The smallest absolute Gasteiger partial charge is 0.416 e. The molecule has 1 aliphatic rings. The number of piperazine rings is 1. The first-order valence-corrected chi connectivity index (χ1v) is 13.5. The van der Waals surface area contributed by atoms with Crippen LogP contribution in [0.5, 0.6) is 11.6 Å². The van der Waals surface area contributed by atoms with Gasteiger partial charge in [0.2, 0.25) is 5.88 Å². The van der Waals surface area contributed by atoms with Crippen LogP contribution >= 0.6 is 0 Å². The van der Waals surface area contributed by atoms with Crippen molar-refractivity contribution in [3.8, 4) is 22.8 Å². The fourth-order valence-electron chi connectivity index (χ4n) is 4.71. The van der Waals surface area contributed by atoms with Crippen LogP contribution in [-0.4, -0.2) is 61.0 Å². The molecule has 2 aromatic heterocycles. The number of hydrogen-bond donors (Lipinski definition) is 2. The van der Waals surface area contributed by atoms with Crippen molar-refractivity contribution >= 4 is 23.1 Å². The number of amides is 1. The van der Waals surface area contributed by atoms with Crippen LogP contribution in [0.3, 0.4) is 0 Å². The average molecular weight is 577 g/mol. The Hall–Kier alpha value is -4.64. The molecule has 0 unspecified atom stereocenters. The largest absolute Gasteiger partial charge is 0.438 e. The summed E-state index contributed by atoms with van der Waals surface area (Å²) in [6.45, 7) is 4.63. The number of rotatable bonds is 7. The standard InChI is InChI=1S/C31H31F3N6O2/c1-20-6-7-22(17-27(20)42-30-24(5-4-11-37-30)21-10-12-36-28(18-21)35-2)29(41)38-25-19-23(31(32,33)34)8-9-26(25)40-15-13-39(3)14-16-40/h4-12,17-19H,13-16H2,1-3H3,(H,35,36)(H,38,41). The summed E-state index contributed by atoms with van der Waals surface area (Å²) in [6, 6.07) is 15.8. The van der Waals surface area contributed by atoms with Gasteiger partial charge in [0, 0.05) is 56.7 Å². The predicted octanol–water partition coefficient (Wildman–Crippen LogP) is 6.31. The normalized spacial score (nSPS) is 14.0. The number of likely N-dealkylation sites (N-methyl/N-ethyl adjacent to an activating group) is 1. The van der Waals surface area contributed by atoms with Gasteiger partial charge in [-0.3, -0.25) is 4.79 Å². The van der Waals surface area contributed by atoms with Gasteiger partial charge in [-0.25, -0.2) is 9.97 Å². The van der Waals surface area contributed by atoms with Crippen LogP contribution < -0.4 is 20.3 Å². The summed E-state index contributed by atoms with van der Waals surface area (Å²) in [5, 5.41) is 5.74. The monoisotopic (exact) mass is 576 g/mol. The molecule has 1 amide bonds. The third-order valence-corrected chi connectivity index (χ3v) is 7.17. The zero-order valence-electron chi connectivity index (χ0n) is 23.5. The molecule has 5 rings (SSSR count). The number of nitrogens with zero attached hydrogens (tertiary/aromatic N) is 4. The topological polar surface area (TPSA) is 82.6 Å². The number of hydrogen-bond acceptors (Lipinski definition) is 7. The van der Waals surface area contributed by atoms with Crippen molar-refractivity contribution in [3.63, 3.8) is 0 Å². The van der Waals surface area contributed by atoms with Crippen molar-refractivity contribution in [2.45, 2.75) is 13.1 Å². The number of alkyl halides is 3. The summed E-state index contributed by atoms with van der Waals surface area (Å²) in [5.41, 5.74) is 2.37. The molecule has 11 heteroatoms. The summed E-state index contributed by atoms with van der Waals surface area (Å²) in [7, 11) is 3.77. The number of aryl methyl sites for hydroxylation is 1. The Bertz CT molecular complexity index is 1590. The second kappa shape index (κ2) is 12.1. The van der Waals surface area contributed by atoms with Gasteiger partial charge in [0.05, 0.1) is 16.9 Å². The van der Waals surface area contributed by atoms with Crippen molar-refractivity contribution in [1.29, 1.82) is 0 Å². The molecule has 2 N–H and O–H groups in total. The zero-order chi connectivity index (χ0) is 29.9. The van der Waals surface area contributed by atoms with Crippen LogP contribution in [0, 0.1) is 6.92 Å². The fourth-order valence-corrected chi connectivity index (χ4v) is 4.71. The molecule has 2 aromatic carbocycles. The number of nitrogens with one attached hydrogen (secondary N) is 2. The SMILES string of the molecule is CNc1cc(-c2cccnc2Oc2cc(C(=O)Nc3cc(C(F)(F)F)ccc3N3CCN(C)CC3)ccc2C)ccn1. The molecule has 42 heavy (non-hydrogen) atoms. The van der Waals surface area contributed by atoms with Crippen LogP contribution in [-0.2, 0) is 6.18 Å². The Kier molecular flexibility index (Phi) is 8.30. The second-order valence-corrected chi connectivity index (χ2v) is 10.1. The lowest BCUT2D eigenvalue weighted by molar-refractivity contribution is -0.137. The second-order valence-electron chi connectivity index (χ2n) is 10.1. The third-order valence-electron chi connectivity index (χ3n) is 7.17. The van der Waals surface area contributed by atoms with Crippen molar-refractivity contribution in [2.24, 2.45) is 0 Å². The Balaban J connectivity index is 1.43. The Labute approximate surface area is 242 Å². The maximum Gasteiger partial charge on any atom is 0.416 e. The van der Waals surface area contributed by atoms with E-state index in [-0.39, 0.29) is 11.3 Å². The molecule has 1 aliphatic heterocycles. The van der Waals surface area contributed by atoms with E-state index < -0.39 is 17.6 Å². The van der Waals surface area contributed by atoms with E-state index in [1.807, 2.05) is 37.1 Å². The van der Waals surface area contributed by atoms with E-state index in [9.17, 15) is 18.0 Å². The van der Waals surface area contributed by atoms with Crippen LogP contribution in [0.2, 0.25) is 0 Å². The first kappa shape index (κ1) is 28.9. The van der Waals surface area contributed by atoms with Crippen molar-refractivity contribution in [2.75, 3.05) is 55.8 Å². The number of aromatic nitrogens is 2. The molecule has 3 heterocycles. The summed E-state index contributed by atoms with van der Waals surface area (Å²) in [4.78, 5) is 26.2. The average Bonchev–Trinajstić information content (AvgIpc) is 2.98. The molecular weight excluding hydrogens is 545 g/mol. The van der Waals surface area contributed by atoms with E-state index in [1.165, 1.54) is 6.07 Å². The third kappa shape index (κ3) is 6.46. The van der Waals surface area contributed by atoms with Gasteiger partial charge in [0.1, 0.15) is 11.6 Å². The van der Waals surface area contributed by atoms with Gasteiger partial charge >= 0.3 is 6.18 Å². The van der Waals surface area contributed by atoms with E-state index in [4.69, 9.17) is 4.74 Å². The number of anilines is 3. The van der Waals surface area contributed by atoms with Gasteiger partial charge in [-0.1, -0.05) is 6.07 Å². The molecule has 1 saturated heterocycles. The number of halogens is 3. The minimum atomic E-state index is -4.55. The molecule has 8 nitrogen and oxygen atoms in total. The summed E-state index contributed by atoms with van der Waals surface area (Å²) in [6.07, 6.45) is -1.26. The van der Waals surface area contributed by atoms with Crippen LogP contribution in [0.25, 0.3) is 11.1 Å². The molecule has 1 fully saturated rings. The summed E-state index contributed by atoms with van der Waals surface area (Å²) in [5.74, 6) is 0.863. The number of ether oxygens (including phenoxy) is 1. The van der Waals surface area contributed by atoms with Crippen LogP contribution in [0.1, 0.15) is 21.5 Å². The fraction of sp³-hybridized carbons (Fsp3) is 0.258. The lowest BCUT2D eigenvalue weighted by Crippen LogP contribution is -2.44. The van der Waals surface area contributed by atoms with Crippen molar-refractivity contribution in [3.05, 3.63) is 89.7 Å². The molecule has 4 aromatic rings. The van der Waals surface area contributed by atoms with Gasteiger partial charge in [-0.2, -0.15) is 13.2 Å². The van der Waals surface area contributed by atoms with Gasteiger partial charge in [-0.05, 0) is 79.7 Å². The molecular formula is C31H31F3N6O2. The number of carbonyl (C=O) groups is 1. The van der Waals surface area contributed by atoms with E-state index in [1.54, 1.807) is 43.7 Å².